The molecule has 5 nitrogen and oxygen atoms in total. The summed E-state index contributed by atoms with van der Waals surface area (Å²) >= 11 is 0. The third-order valence-electron chi connectivity index (χ3n) is 3.63. The highest BCUT2D eigenvalue weighted by Gasteiger charge is 2.12. The van der Waals surface area contributed by atoms with E-state index >= 15 is 0 Å². The van der Waals surface area contributed by atoms with Gasteiger partial charge in [-0.3, -0.25) is 9.52 Å². The smallest absolute Gasteiger partial charge is 0.248 e. The van der Waals surface area contributed by atoms with Crippen LogP contribution in [0, 0.1) is 12.7 Å². The van der Waals surface area contributed by atoms with E-state index in [9.17, 15) is 17.6 Å². The summed E-state index contributed by atoms with van der Waals surface area (Å²) < 4.78 is 39.3. The maximum Gasteiger partial charge on any atom is 0.248 e. The van der Waals surface area contributed by atoms with Crippen LogP contribution in [0.4, 0.5) is 15.8 Å². The van der Waals surface area contributed by atoms with E-state index < -0.39 is 10.0 Å². The summed E-state index contributed by atoms with van der Waals surface area (Å²) in [7, 11) is -3.41. The topological polar surface area (TPSA) is 75.3 Å². The molecule has 0 aromatic heterocycles. The standard InChI is InChI=1S/C19H21FN2O3S/c1-3-13-26(24,25)22-18-6-4-5-17(14(18)2)21-19(23)12-9-15-7-10-16(20)11-8-15/h4-12,22H,3,13H2,1-2H3,(H,21,23)/b12-9+. The number of hydrogen-bond acceptors (Lipinski definition) is 3. The number of carbonyl (C=O) groups is 1. The lowest BCUT2D eigenvalue weighted by molar-refractivity contribution is -0.111. The molecule has 0 bridgehead atoms. The van der Waals surface area contributed by atoms with Gasteiger partial charge in [-0.2, -0.15) is 0 Å². The summed E-state index contributed by atoms with van der Waals surface area (Å²) in [5, 5.41) is 2.72. The first-order valence-corrected chi connectivity index (χ1v) is 9.80. The van der Waals surface area contributed by atoms with Crippen LogP contribution in [0.25, 0.3) is 6.08 Å². The number of sulfonamides is 1. The van der Waals surface area contributed by atoms with Gasteiger partial charge in [0.05, 0.1) is 11.4 Å². The first-order valence-electron chi connectivity index (χ1n) is 8.15. The Morgan fingerprint density at radius 2 is 1.77 bits per heavy atom. The highest BCUT2D eigenvalue weighted by molar-refractivity contribution is 7.92. The minimum Gasteiger partial charge on any atom is -0.322 e. The Kier molecular flexibility index (Phi) is 6.52. The molecule has 0 saturated carbocycles. The van der Waals surface area contributed by atoms with Crippen LogP contribution in [0.5, 0.6) is 0 Å². The van der Waals surface area contributed by atoms with Crippen LogP contribution in [0.2, 0.25) is 0 Å². The molecular formula is C19H21FN2O3S. The Hall–Kier alpha value is -2.67. The molecule has 0 unspecified atom stereocenters. The number of benzene rings is 2. The summed E-state index contributed by atoms with van der Waals surface area (Å²) in [6.45, 7) is 3.51. The number of hydrogen-bond donors (Lipinski definition) is 2. The van der Waals surface area contributed by atoms with Gasteiger partial charge in [0.25, 0.3) is 0 Å². The van der Waals surface area contributed by atoms with Crippen molar-refractivity contribution in [2.24, 2.45) is 0 Å². The van der Waals surface area contributed by atoms with E-state index in [1.807, 2.05) is 0 Å². The van der Waals surface area contributed by atoms with E-state index in [1.54, 1.807) is 50.3 Å². The van der Waals surface area contributed by atoms with Crippen molar-refractivity contribution < 1.29 is 17.6 Å². The summed E-state index contributed by atoms with van der Waals surface area (Å²) in [5.74, 6) is -0.681. The van der Waals surface area contributed by atoms with Crippen molar-refractivity contribution >= 4 is 33.4 Å². The van der Waals surface area contributed by atoms with Crippen LogP contribution in [0.3, 0.4) is 0 Å². The molecule has 0 saturated heterocycles. The molecule has 0 aliphatic rings. The van der Waals surface area contributed by atoms with Crippen molar-refractivity contribution in [3.05, 3.63) is 65.5 Å². The number of amides is 1. The summed E-state index contributed by atoms with van der Waals surface area (Å²) in [6.07, 6.45) is 3.41. The molecule has 7 heteroatoms. The van der Waals surface area contributed by atoms with Crippen LogP contribution in [-0.2, 0) is 14.8 Å². The van der Waals surface area contributed by atoms with Gasteiger partial charge in [-0.1, -0.05) is 25.1 Å². The van der Waals surface area contributed by atoms with E-state index in [0.29, 0.717) is 28.9 Å². The molecule has 2 aromatic rings. The van der Waals surface area contributed by atoms with E-state index in [1.165, 1.54) is 18.2 Å². The van der Waals surface area contributed by atoms with Gasteiger partial charge in [0.15, 0.2) is 0 Å². The highest BCUT2D eigenvalue weighted by Crippen LogP contribution is 2.24. The number of rotatable bonds is 7. The van der Waals surface area contributed by atoms with E-state index in [4.69, 9.17) is 0 Å². The molecule has 2 aromatic carbocycles. The summed E-state index contributed by atoms with van der Waals surface area (Å²) in [5.41, 5.74) is 2.25. The normalized spacial score (nSPS) is 11.5. The molecule has 26 heavy (non-hydrogen) atoms. The Balaban J connectivity index is 2.10. The average molecular weight is 376 g/mol. The van der Waals surface area contributed by atoms with Crippen molar-refractivity contribution in [3.8, 4) is 0 Å². The third-order valence-corrected chi connectivity index (χ3v) is 5.10. The van der Waals surface area contributed by atoms with Crippen molar-refractivity contribution in [1.29, 1.82) is 0 Å². The maximum absolute atomic E-state index is 12.9. The van der Waals surface area contributed by atoms with E-state index in [2.05, 4.69) is 10.0 Å². The van der Waals surface area contributed by atoms with Gasteiger partial charge in [0.1, 0.15) is 5.82 Å². The zero-order chi connectivity index (χ0) is 19.2. The van der Waals surface area contributed by atoms with Crippen LogP contribution < -0.4 is 10.0 Å². The fraction of sp³-hybridized carbons (Fsp3) is 0.211. The molecular weight excluding hydrogens is 355 g/mol. The fourth-order valence-corrected chi connectivity index (χ4v) is 3.48. The van der Waals surface area contributed by atoms with Crippen molar-refractivity contribution in [1.82, 2.24) is 0 Å². The summed E-state index contributed by atoms with van der Waals surface area (Å²) in [6, 6.07) is 10.8. The van der Waals surface area contributed by atoms with Crippen molar-refractivity contribution in [2.45, 2.75) is 20.3 Å². The van der Waals surface area contributed by atoms with Gasteiger partial charge < -0.3 is 5.32 Å². The molecule has 0 aliphatic heterocycles. The van der Waals surface area contributed by atoms with Crippen molar-refractivity contribution in [2.75, 3.05) is 15.8 Å². The second-order valence-corrected chi connectivity index (χ2v) is 7.62. The molecule has 2 N–H and O–H groups in total. The van der Waals surface area contributed by atoms with Crippen molar-refractivity contribution in [3.63, 3.8) is 0 Å². The zero-order valence-corrected chi connectivity index (χ0v) is 15.4. The SMILES string of the molecule is CCCS(=O)(=O)Nc1cccc(NC(=O)/C=C/c2ccc(F)cc2)c1C. The number of halogens is 1. The van der Waals surface area contributed by atoms with Gasteiger partial charge in [-0.15, -0.1) is 0 Å². The largest absolute Gasteiger partial charge is 0.322 e. The van der Waals surface area contributed by atoms with Gasteiger partial charge in [-0.05, 0) is 54.8 Å². The molecule has 0 aliphatic carbocycles. The van der Waals surface area contributed by atoms with Crippen LogP contribution in [0.15, 0.2) is 48.5 Å². The van der Waals surface area contributed by atoms with Crippen LogP contribution >= 0.6 is 0 Å². The predicted octanol–water partition coefficient (Wildman–Crippen LogP) is 3.94. The lowest BCUT2D eigenvalue weighted by Crippen LogP contribution is -2.17. The average Bonchev–Trinajstić information content (AvgIpc) is 2.58. The Bertz CT molecular complexity index is 907. The molecule has 0 heterocycles. The van der Waals surface area contributed by atoms with Crippen LogP contribution in [-0.4, -0.2) is 20.1 Å². The number of nitrogens with one attached hydrogen (secondary N) is 2. The first kappa shape index (κ1) is 19.7. The third kappa shape index (κ3) is 5.70. The molecule has 0 spiro atoms. The van der Waals surface area contributed by atoms with Gasteiger partial charge in [0, 0.05) is 11.8 Å². The minimum atomic E-state index is -3.41. The molecule has 0 radical (unpaired) electrons. The number of anilines is 2. The zero-order valence-electron chi connectivity index (χ0n) is 14.6. The Morgan fingerprint density at radius 3 is 2.42 bits per heavy atom. The minimum absolute atomic E-state index is 0.0312. The quantitative estimate of drug-likeness (QED) is 0.719. The molecule has 0 fully saturated rings. The Labute approximate surface area is 153 Å². The first-order chi connectivity index (χ1) is 12.3. The van der Waals surface area contributed by atoms with Gasteiger partial charge in [0.2, 0.25) is 15.9 Å². The molecule has 0 atom stereocenters. The molecule has 138 valence electrons. The van der Waals surface area contributed by atoms with E-state index in [-0.39, 0.29) is 17.5 Å². The van der Waals surface area contributed by atoms with Gasteiger partial charge >= 0.3 is 0 Å². The predicted molar refractivity (Wildman–Crippen MR) is 103 cm³/mol. The second-order valence-electron chi connectivity index (χ2n) is 5.77. The summed E-state index contributed by atoms with van der Waals surface area (Å²) in [4.78, 5) is 12.1. The molecule has 2 rings (SSSR count). The van der Waals surface area contributed by atoms with Crippen LogP contribution in [0.1, 0.15) is 24.5 Å². The maximum atomic E-state index is 12.9. The molecule has 1 amide bonds. The van der Waals surface area contributed by atoms with E-state index in [0.717, 1.165) is 0 Å². The fourth-order valence-electron chi connectivity index (χ4n) is 2.29. The monoisotopic (exact) mass is 376 g/mol. The highest BCUT2D eigenvalue weighted by atomic mass is 32.2. The second kappa shape index (κ2) is 8.62. The number of carbonyl (C=O) groups excluding carboxylic acids is 1. The lowest BCUT2D eigenvalue weighted by Gasteiger charge is -2.13. The van der Waals surface area contributed by atoms with Gasteiger partial charge in [-0.25, -0.2) is 12.8 Å². The lowest BCUT2D eigenvalue weighted by atomic mass is 10.1. The Morgan fingerprint density at radius 1 is 1.12 bits per heavy atom.